The topological polar surface area (TPSA) is 94.7 Å². The average Bonchev–Trinajstić information content (AvgIpc) is 3.07. The Kier molecular flexibility index (Phi) is 6.39. The summed E-state index contributed by atoms with van der Waals surface area (Å²) < 4.78 is 17.0. The van der Waals surface area contributed by atoms with E-state index in [1.165, 1.54) is 0 Å². The number of benzene rings is 1. The number of aryl methyl sites for hydroxylation is 1. The third-order valence-corrected chi connectivity index (χ3v) is 4.13. The van der Waals surface area contributed by atoms with Crippen molar-refractivity contribution in [2.24, 2.45) is 0 Å². The van der Waals surface area contributed by atoms with Gasteiger partial charge in [0.1, 0.15) is 29.5 Å². The first kappa shape index (κ1) is 19.6. The predicted molar refractivity (Wildman–Crippen MR) is 102 cm³/mol. The van der Waals surface area contributed by atoms with Gasteiger partial charge >= 0.3 is 5.97 Å². The Bertz CT molecular complexity index is 906. The third kappa shape index (κ3) is 4.95. The lowest BCUT2D eigenvalue weighted by Gasteiger charge is -2.15. The fourth-order valence-electron chi connectivity index (χ4n) is 2.72. The summed E-state index contributed by atoms with van der Waals surface area (Å²) in [6.45, 7) is 4.37. The summed E-state index contributed by atoms with van der Waals surface area (Å²) in [4.78, 5) is 19.7. The van der Waals surface area contributed by atoms with Crippen LogP contribution in [0.1, 0.15) is 36.5 Å². The van der Waals surface area contributed by atoms with Gasteiger partial charge in [-0.15, -0.1) is 0 Å². The Morgan fingerprint density at radius 2 is 2.00 bits per heavy atom. The minimum Gasteiger partial charge on any atom is -0.487 e. The van der Waals surface area contributed by atoms with Gasteiger partial charge in [0.05, 0.1) is 12.5 Å². The van der Waals surface area contributed by atoms with Crippen LogP contribution in [-0.4, -0.2) is 27.7 Å². The van der Waals surface area contributed by atoms with E-state index in [9.17, 15) is 4.79 Å². The molecule has 0 aliphatic heterocycles. The molecular weight excluding hydrogens is 360 g/mol. The first-order valence-electron chi connectivity index (χ1n) is 9.00. The number of aliphatic carboxylic acids is 1. The molecule has 28 heavy (non-hydrogen) atoms. The summed E-state index contributed by atoms with van der Waals surface area (Å²) in [7, 11) is 0. The molecule has 0 fully saturated rings. The van der Waals surface area contributed by atoms with Crippen molar-refractivity contribution in [3.63, 3.8) is 0 Å². The largest absolute Gasteiger partial charge is 0.487 e. The number of hydrogen-bond acceptors (Lipinski definition) is 6. The van der Waals surface area contributed by atoms with E-state index in [1.54, 1.807) is 18.3 Å². The minimum absolute atomic E-state index is 0.0809. The molecule has 0 bridgehead atoms. The number of rotatable bonds is 9. The highest BCUT2D eigenvalue weighted by Crippen LogP contribution is 2.25. The second-order valence-electron chi connectivity index (χ2n) is 6.14. The fourth-order valence-corrected chi connectivity index (χ4v) is 2.72. The Balaban J connectivity index is 1.65. The van der Waals surface area contributed by atoms with Gasteiger partial charge in [-0.2, -0.15) is 0 Å². The summed E-state index contributed by atoms with van der Waals surface area (Å²) in [5.41, 5.74) is 2.16. The number of carboxylic acids is 1. The average molecular weight is 382 g/mol. The number of hydrogen-bond donors (Lipinski definition) is 1. The number of oxazole rings is 1. The molecule has 0 aliphatic rings. The molecule has 3 rings (SSSR count). The number of ether oxygens (including phenoxy) is 2. The second kappa shape index (κ2) is 9.14. The highest BCUT2D eigenvalue weighted by Gasteiger charge is 2.16. The molecule has 2 heterocycles. The zero-order valence-corrected chi connectivity index (χ0v) is 15.8. The lowest BCUT2D eigenvalue weighted by Crippen LogP contribution is -2.10. The number of nitrogens with zero attached hydrogens (tertiary/aromatic N) is 2. The smallest absolute Gasteiger partial charge is 0.306 e. The molecule has 0 saturated carbocycles. The molecule has 7 nitrogen and oxygen atoms in total. The van der Waals surface area contributed by atoms with Crippen molar-refractivity contribution in [1.29, 1.82) is 0 Å². The molecule has 3 aromatic rings. The van der Waals surface area contributed by atoms with E-state index in [-0.39, 0.29) is 13.0 Å². The number of carbonyl (C=O) groups is 1. The van der Waals surface area contributed by atoms with Crippen molar-refractivity contribution in [2.45, 2.75) is 33.0 Å². The zero-order chi connectivity index (χ0) is 19.9. The van der Waals surface area contributed by atoms with Crippen LogP contribution >= 0.6 is 0 Å². The molecule has 2 aromatic heterocycles. The van der Waals surface area contributed by atoms with Crippen LogP contribution in [0.5, 0.6) is 5.75 Å². The zero-order valence-electron chi connectivity index (χ0n) is 15.8. The SMILES string of the molecule is CCOC(CC(=O)O)c1ccc(OCc2nc(-c3ccccn3)oc2C)cc1. The Hall–Kier alpha value is -3.19. The van der Waals surface area contributed by atoms with Crippen LogP contribution in [0.3, 0.4) is 0 Å². The van der Waals surface area contributed by atoms with Crippen molar-refractivity contribution in [3.8, 4) is 17.3 Å². The number of aromatic nitrogens is 2. The molecule has 0 aliphatic carbocycles. The number of carboxylic acid groups (broad SMARTS) is 1. The fraction of sp³-hybridized carbons (Fsp3) is 0.286. The van der Waals surface area contributed by atoms with Gasteiger partial charge in [-0.3, -0.25) is 9.78 Å². The monoisotopic (exact) mass is 382 g/mol. The highest BCUT2D eigenvalue weighted by molar-refractivity contribution is 5.67. The van der Waals surface area contributed by atoms with Gasteiger partial charge in [-0.1, -0.05) is 18.2 Å². The van der Waals surface area contributed by atoms with Crippen molar-refractivity contribution >= 4 is 5.97 Å². The van der Waals surface area contributed by atoms with E-state index in [0.29, 0.717) is 35.4 Å². The van der Waals surface area contributed by atoms with E-state index in [1.807, 2.05) is 44.2 Å². The Labute approximate surface area is 163 Å². The molecule has 1 unspecified atom stereocenters. The lowest BCUT2D eigenvalue weighted by molar-refractivity contribution is -0.140. The molecule has 1 atom stereocenters. The van der Waals surface area contributed by atoms with Crippen molar-refractivity contribution < 1.29 is 23.8 Å². The van der Waals surface area contributed by atoms with Gasteiger partial charge in [0.2, 0.25) is 5.89 Å². The van der Waals surface area contributed by atoms with E-state index >= 15 is 0 Å². The molecule has 146 valence electrons. The van der Waals surface area contributed by atoms with Gasteiger partial charge in [0, 0.05) is 12.8 Å². The van der Waals surface area contributed by atoms with Crippen LogP contribution in [0.4, 0.5) is 0 Å². The minimum atomic E-state index is -0.899. The van der Waals surface area contributed by atoms with E-state index < -0.39 is 12.1 Å². The molecule has 1 N–H and O–H groups in total. The third-order valence-electron chi connectivity index (χ3n) is 4.13. The normalized spacial score (nSPS) is 11.9. The quantitative estimate of drug-likeness (QED) is 0.593. The van der Waals surface area contributed by atoms with Crippen molar-refractivity contribution in [3.05, 3.63) is 65.7 Å². The van der Waals surface area contributed by atoms with Crippen LogP contribution in [-0.2, 0) is 16.1 Å². The van der Waals surface area contributed by atoms with Crippen molar-refractivity contribution in [2.75, 3.05) is 6.61 Å². The molecule has 0 spiro atoms. The molecule has 7 heteroatoms. The molecule has 0 saturated heterocycles. The first-order valence-corrected chi connectivity index (χ1v) is 9.00. The highest BCUT2D eigenvalue weighted by atomic mass is 16.5. The van der Waals surface area contributed by atoms with Gasteiger partial charge in [0.15, 0.2) is 0 Å². The van der Waals surface area contributed by atoms with E-state index in [4.69, 9.17) is 19.0 Å². The summed E-state index contributed by atoms with van der Waals surface area (Å²) in [5, 5.41) is 9.02. The summed E-state index contributed by atoms with van der Waals surface area (Å²) in [5.74, 6) is 0.885. The summed E-state index contributed by atoms with van der Waals surface area (Å²) in [6.07, 6.45) is 1.13. The van der Waals surface area contributed by atoms with Gasteiger partial charge in [0.25, 0.3) is 0 Å². The maximum absolute atomic E-state index is 11.0. The van der Waals surface area contributed by atoms with Gasteiger partial charge < -0.3 is 19.0 Å². The Morgan fingerprint density at radius 3 is 2.64 bits per heavy atom. The summed E-state index contributed by atoms with van der Waals surface area (Å²) >= 11 is 0. The molecular formula is C21H22N2O5. The molecule has 0 radical (unpaired) electrons. The standard InChI is InChI=1S/C21H22N2O5/c1-3-26-19(12-20(24)25)15-7-9-16(10-8-15)27-13-18-14(2)28-21(23-18)17-6-4-5-11-22-17/h4-11,19H,3,12-13H2,1-2H3,(H,24,25). The molecule has 1 aromatic carbocycles. The van der Waals surface area contributed by atoms with Crippen LogP contribution in [0.15, 0.2) is 53.1 Å². The van der Waals surface area contributed by atoms with Gasteiger partial charge in [-0.05, 0) is 43.7 Å². The maximum atomic E-state index is 11.0. The second-order valence-corrected chi connectivity index (χ2v) is 6.14. The first-order chi connectivity index (χ1) is 13.6. The van der Waals surface area contributed by atoms with Gasteiger partial charge in [-0.25, -0.2) is 4.98 Å². The Morgan fingerprint density at radius 1 is 1.21 bits per heavy atom. The summed E-state index contributed by atoms with van der Waals surface area (Å²) in [6, 6.07) is 12.7. The van der Waals surface area contributed by atoms with E-state index in [0.717, 1.165) is 5.56 Å². The number of pyridine rings is 1. The van der Waals surface area contributed by atoms with Crippen LogP contribution in [0.2, 0.25) is 0 Å². The molecule has 0 amide bonds. The van der Waals surface area contributed by atoms with Crippen LogP contribution in [0.25, 0.3) is 11.6 Å². The van der Waals surface area contributed by atoms with Crippen LogP contribution < -0.4 is 4.74 Å². The van der Waals surface area contributed by atoms with E-state index in [2.05, 4.69) is 9.97 Å². The van der Waals surface area contributed by atoms with Crippen molar-refractivity contribution in [1.82, 2.24) is 9.97 Å². The lowest BCUT2D eigenvalue weighted by atomic mass is 10.1. The maximum Gasteiger partial charge on any atom is 0.306 e. The van der Waals surface area contributed by atoms with Crippen LogP contribution in [0, 0.1) is 6.92 Å². The predicted octanol–water partition coefficient (Wildman–Crippen LogP) is 4.18.